The van der Waals surface area contributed by atoms with E-state index in [2.05, 4.69) is 5.32 Å². The fraction of sp³-hybridized carbons (Fsp3) is 0.273. The fourth-order valence-electron chi connectivity index (χ4n) is 1.23. The highest BCUT2D eigenvalue weighted by Gasteiger charge is 2.15. The Morgan fingerprint density at radius 1 is 1.41 bits per heavy atom. The number of ether oxygens (including phenoxy) is 1. The smallest absolute Gasteiger partial charge is 0.334 e. The lowest BCUT2D eigenvalue weighted by Crippen LogP contribution is -2.30. The number of carbonyl (C=O) groups is 2. The second kappa shape index (κ2) is 5.86. The summed E-state index contributed by atoms with van der Waals surface area (Å²) in [5.74, 6) is -1.54. The maximum absolute atomic E-state index is 10.8. The van der Waals surface area contributed by atoms with E-state index in [-0.39, 0.29) is 6.54 Å². The fourth-order valence-corrected chi connectivity index (χ4v) is 1.23. The SMILES string of the molecule is COC(CNc1ccc(C(N)=O)cc1)C(=O)O. The third-order valence-electron chi connectivity index (χ3n) is 2.22. The number of nitrogens with one attached hydrogen (secondary N) is 1. The molecule has 1 atom stereocenters. The lowest BCUT2D eigenvalue weighted by Gasteiger charge is -2.12. The van der Waals surface area contributed by atoms with E-state index in [0.29, 0.717) is 11.3 Å². The lowest BCUT2D eigenvalue weighted by atomic mass is 10.2. The summed E-state index contributed by atoms with van der Waals surface area (Å²) in [7, 11) is 1.33. The number of carbonyl (C=O) groups excluding carboxylic acids is 1. The molecule has 0 radical (unpaired) electrons. The second-order valence-electron chi connectivity index (χ2n) is 3.39. The normalized spacial score (nSPS) is 11.8. The minimum Gasteiger partial charge on any atom is -0.479 e. The minimum atomic E-state index is -1.03. The van der Waals surface area contributed by atoms with Crippen LogP contribution >= 0.6 is 0 Å². The summed E-state index contributed by atoms with van der Waals surface area (Å²) in [5.41, 5.74) is 6.18. The molecule has 1 aromatic carbocycles. The van der Waals surface area contributed by atoms with Crippen LogP contribution in [0.2, 0.25) is 0 Å². The average molecular weight is 238 g/mol. The molecule has 0 saturated carbocycles. The van der Waals surface area contributed by atoms with Gasteiger partial charge < -0.3 is 20.9 Å². The van der Waals surface area contributed by atoms with E-state index in [4.69, 9.17) is 15.6 Å². The molecule has 0 spiro atoms. The number of benzene rings is 1. The Balaban J connectivity index is 2.58. The molecule has 0 aliphatic heterocycles. The van der Waals surface area contributed by atoms with Crippen LogP contribution < -0.4 is 11.1 Å². The number of amides is 1. The van der Waals surface area contributed by atoms with Gasteiger partial charge in [-0.15, -0.1) is 0 Å². The highest BCUT2D eigenvalue weighted by Crippen LogP contribution is 2.09. The summed E-state index contributed by atoms with van der Waals surface area (Å²) in [4.78, 5) is 21.5. The van der Waals surface area contributed by atoms with Crippen LogP contribution in [0, 0.1) is 0 Å². The van der Waals surface area contributed by atoms with E-state index >= 15 is 0 Å². The van der Waals surface area contributed by atoms with E-state index in [1.807, 2.05) is 0 Å². The predicted molar refractivity (Wildman–Crippen MR) is 61.9 cm³/mol. The third-order valence-corrected chi connectivity index (χ3v) is 2.22. The van der Waals surface area contributed by atoms with Gasteiger partial charge in [0.25, 0.3) is 0 Å². The number of aliphatic carboxylic acids is 1. The molecule has 0 fully saturated rings. The van der Waals surface area contributed by atoms with Gasteiger partial charge in [0.1, 0.15) is 0 Å². The quantitative estimate of drug-likeness (QED) is 0.661. The first-order chi connectivity index (χ1) is 8.04. The first-order valence-electron chi connectivity index (χ1n) is 4.94. The Hall–Kier alpha value is -2.08. The molecule has 1 amide bonds. The molecule has 17 heavy (non-hydrogen) atoms. The van der Waals surface area contributed by atoms with Gasteiger partial charge in [-0.1, -0.05) is 0 Å². The van der Waals surface area contributed by atoms with Gasteiger partial charge in [0, 0.05) is 18.4 Å². The molecule has 1 unspecified atom stereocenters. The molecule has 0 aliphatic carbocycles. The van der Waals surface area contributed by atoms with Gasteiger partial charge >= 0.3 is 5.97 Å². The Kier molecular flexibility index (Phi) is 4.47. The average Bonchev–Trinajstić information content (AvgIpc) is 2.30. The monoisotopic (exact) mass is 238 g/mol. The Morgan fingerprint density at radius 2 is 2.00 bits per heavy atom. The van der Waals surface area contributed by atoms with Crippen molar-refractivity contribution in [1.29, 1.82) is 0 Å². The van der Waals surface area contributed by atoms with E-state index < -0.39 is 18.0 Å². The van der Waals surface area contributed by atoms with Gasteiger partial charge in [-0.05, 0) is 24.3 Å². The molecule has 6 nitrogen and oxygen atoms in total. The highest BCUT2D eigenvalue weighted by atomic mass is 16.5. The summed E-state index contributed by atoms with van der Waals surface area (Å²) in [6.45, 7) is 0.141. The van der Waals surface area contributed by atoms with E-state index in [9.17, 15) is 9.59 Å². The Morgan fingerprint density at radius 3 is 2.41 bits per heavy atom. The summed E-state index contributed by atoms with van der Waals surface area (Å²) < 4.78 is 4.76. The first kappa shape index (κ1) is 13.0. The topological polar surface area (TPSA) is 102 Å². The van der Waals surface area contributed by atoms with Crippen molar-refractivity contribution in [3.8, 4) is 0 Å². The standard InChI is InChI=1S/C11H14N2O4/c1-17-9(11(15)16)6-13-8-4-2-7(3-5-8)10(12)14/h2-5,9,13H,6H2,1H3,(H2,12,14)(H,15,16). The number of hydrogen-bond acceptors (Lipinski definition) is 4. The molecule has 0 aliphatic rings. The Bertz CT molecular complexity index is 402. The zero-order valence-corrected chi connectivity index (χ0v) is 9.34. The van der Waals surface area contributed by atoms with Crippen molar-refractivity contribution in [3.05, 3.63) is 29.8 Å². The van der Waals surface area contributed by atoms with Crippen molar-refractivity contribution in [2.75, 3.05) is 19.0 Å². The third kappa shape index (κ3) is 3.76. The van der Waals surface area contributed by atoms with Crippen LogP contribution in [0.3, 0.4) is 0 Å². The molecule has 92 valence electrons. The zero-order valence-electron chi connectivity index (χ0n) is 9.34. The zero-order chi connectivity index (χ0) is 12.8. The first-order valence-corrected chi connectivity index (χ1v) is 4.94. The molecule has 1 aromatic rings. The van der Waals surface area contributed by atoms with Crippen molar-refractivity contribution in [2.24, 2.45) is 5.73 Å². The van der Waals surface area contributed by atoms with E-state index in [0.717, 1.165) is 0 Å². The van der Waals surface area contributed by atoms with Crippen LogP contribution in [-0.2, 0) is 9.53 Å². The molecule has 0 bridgehead atoms. The number of anilines is 1. The van der Waals surface area contributed by atoms with Gasteiger partial charge in [0.05, 0.1) is 6.54 Å². The number of primary amides is 1. The molecule has 0 aromatic heterocycles. The minimum absolute atomic E-state index is 0.141. The number of methoxy groups -OCH3 is 1. The van der Waals surface area contributed by atoms with Gasteiger partial charge in [-0.2, -0.15) is 0 Å². The van der Waals surface area contributed by atoms with Crippen LogP contribution in [0.25, 0.3) is 0 Å². The highest BCUT2D eigenvalue weighted by molar-refractivity contribution is 5.93. The van der Waals surface area contributed by atoms with E-state index in [1.54, 1.807) is 24.3 Å². The molecule has 0 saturated heterocycles. The second-order valence-corrected chi connectivity index (χ2v) is 3.39. The molecular weight excluding hydrogens is 224 g/mol. The lowest BCUT2D eigenvalue weighted by molar-refractivity contribution is -0.147. The van der Waals surface area contributed by atoms with Gasteiger partial charge in [-0.3, -0.25) is 4.79 Å². The van der Waals surface area contributed by atoms with Crippen LogP contribution in [-0.4, -0.2) is 36.7 Å². The number of rotatable bonds is 6. The number of carboxylic acids is 1. The predicted octanol–water partition coefficient (Wildman–Crippen LogP) is 0.297. The summed E-state index contributed by atoms with van der Waals surface area (Å²) in [5, 5.41) is 11.6. The molecule has 4 N–H and O–H groups in total. The molecule has 0 heterocycles. The maximum Gasteiger partial charge on any atom is 0.334 e. The number of nitrogens with two attached hydrogens (primary N) is 1. The summed E-state index contributed by atoms with van der Waals surface area (Å²) in [6, 6.07) is 6.42. The van der Waals surface area contributed by atoms with Crippen LogP contribution in [0.5, 0.6) is 0 Å². The number of carboxylic acid groups (broad SMARTS) is 1. The van der Waals surface area contributed by atoms with Gasteiger partial charge in [-0.25, -0.2) is 4.79 Å². The van der Waals surface area contributed by atoms with Gasteiger partial charge in [0.2, 0.25) is 5.91 Å². The van der Waals surface area contributed by atoms with Crippen molar-refractivity contribution in [2.45, 2.75) is 6.10 Å². The summed E-state index contributed by atoms with van der Waals surface area (Å²) >= 11 is 0. The Labute approximate surface area is 98.4 Å². The van der Waals surface area contributed by atoms with Crippen molar-refractivity contribution in [3.63, 3.8) is 0 Å². The summed E-state index contributed by atoms with van der Waals surface area (Å²) in [6.07, 6.45) is -0.911. The van der Waals surface area contributed by atoms with Crippen molar-refractivity contribution >= 4 is 17.6 Å². The molecular formula is C11H14N2O4. The van der Waals surface area contributed by atoms with Crippen LogP contribution in [0.4, 0.5) is 5.69 Å². The van der Waals surface area contributed by atoms with Crippen LogP contribution in [0.1, 0.15) is 10.4 Å². The molecule has 6 heteroatoms. The van der Waals surface area contributed by atoms with Crippen molar-refractivity contribution < 1.29 is 19.4 Å². The van der Waals surface area contributed by atoms with E-state index in [1.165, 1.54) is 7.11 Å². The number of hydrogen-bond donors (Lipinski definition) is 3. The maximum atomic E-state index is 10.8. The van der Waals surface area contributed by atoms with Crippen LogP contribution in [0.15, 0.2) is 24.3 Å². The largest absolute Gasteiger partial charge is 0.479 e. The van der Waals surface area contributed by atoms with Gasteiger partial charge in [0.15, 0.2) is 6.10 Å². The molecule has 1 rings (SSSR count). The van der Waals surface area contributed by atoms with Crippen molar-refractivity contribution in [1.82, 2.24) is 0 Å².